The first kappa shape index (κ1) is 19.7. The van der Waals surface area contributed by atoms with Crippen LogP contribution in [0.2, 0.25) is 0 Å². The molecule has 0 aromatic heterocycles. The number of nitrogens with zero attached hydrogens (tertiary/aromatic N) is 1. The molecule has 2 N–H and O–H groups in total. The predicted octanol–water partition coefficient (Wildman–Crippen LogP) is 2.58. The molecule has 28 heavy (non-hydrogen) atoms. The highest BCUT2D eigenvalue weighted by Gasteiger charge is 2.31. The van der Waals surface area contributed by atoms with E-state index in [1.165, 1.54) is 5.56 Å². The fourth-order valence-electron chi connectivity index (χ4n) is 3.39. The highest BCUT2D eigenvalue weighted by molar-refractivity contribution is 5.86. The molecule has 2 atom stereocenters. The number of likely N-dealkylation sites (N-methyl/N-ethyl adjacent to an activating group) is 1. The summed E-state index contributed by atoms with van der Waals surface area (Å²) in [6, 6.07) is 15.6. The molecular formula is C22H27N3O3. The summed E-state index contributed by atoms with van der Waals surface area (Å²) in [7, 11) is 1.58. The number of carbonyl (C=O) groups is 2. The fourth-order valence-corrected chi connectivity index (χ4v) is 3.39. The molecule has 1 aliphatic rings. The Morgan fingerprint density at radius 2 is 1.89 bits per heavy atom. The third kappa shape index (κ3) is 4.44. The Hall–Kier alpha value is -3.02. The maximum absolute atomic E-state index is 12.8. The molecular weight excluding hydrogens is 354 g/mol. The van der Waals surface area contributed by atoms with Crippen molar-refractivity contribution >= 4 is 17.5 Å². The maximum Gasteiger partial charge on any atom is 0.262 e. The number of hydrogen-bond acceptors (Lipinski definition) is 4. The van der Waals surface area contributed by atoms with Crippen molar-refractivity contribution in [2.75, 3.05) is 25.0 Å². The third-order valence-electron chi connectivity index (χ3n) is 4.96. The van der Waals surface area contributed by atoms with Gasteiger partial charge in [-0.2, -0.15) is 0 Å². The van der Waals surface area contributed by atoms with Gasteiger partial charge in [-0.1, -0.05) is 48.9 Å². The van der Waals surface area contributed by atoms with Crippen molar-refractivity contribution in [3.8, 4) is 5.75 Å². The Morgan fingerprint density at radius 3 is 2.57 bits per heavy atom. The molecule has 6 heteroatoms. The molecule has 0 radical (unpaired) electrons. The van der Waals surface area contributed by atoms with Gasteiger partial charge in [-0.3, -0.25) is 9.59 Å². The van der Waals surface area contributed by atoms with E-state index in [1.807, 2.05) is 36.1 Å². The van der Waals surface area contributed by atoms with E-state index in [2.05, 4.69) is 41.8 Å². The van der Waals surface area contributed by atoms with Crippen molar-refractivity contribution < 1.29 is 14.3 Å². The van der Waals surface area contributed by atoms with E-state index in [0.717, 1.165) is 17.7 Å². The lowest BCUT2D eigenvalue weighted by Gasteiger charge is -2.35. The minimum absolute atomic E-state index is 0.0425. The molecule has 148 valence electrons. The number of benzene rings is 2. The second-order valence-electron chi connectivity index (χ2n) is 7.01. The fraction of sp³-hybridized carbons (Fsp3) is 0.364. The summed E-state index contributed by atoms with van der Waals surface area (Å²) in [6.45, 7) is 4.58. The Morgan fingerprint density at radius 1 is 1.18 bits per heavy atom. The van der Waals surface area contributed by atoms with Gasteiger partial charge in [-0.05, 0) is 31.0 Å². The molecule has 0 fully saturated rings. The average Bonchev–Trinajstić information content (AvgIpc) is 2.72. The van der Waals surface area contributed by atoms with Gasteiger partial charge < -0.3 is 20.3 Å². The van der Waals surface area contributed by atoms with Crippen LogP contribution in [-0.2, 0) is 9.59 Å². The first-order valence-electron chi connectivity index (χ1n) is 9.60. The lowest BCUT2D eigenvalue weighted by Crippen LogP contribution is -2.50. The third-order valence-corrected chi connectivity index (χ3v) is 4.96. The normalized spacial score (nSPS) is 16.5. The smallest absolute Gasteiger partial charge is 0.262 e. The van der Waals surface area contributed by atoms with E-state index in [9.17, 15) is 9.59 Å². The van der Waals surface area contributed by atoms with Gasteiger partial charge in [0, 0.05) is 7.05 Å². The van der Waals surface area contributed by atoms with Gasteiger partial charge in [0.25, 0.3) is 5.91 Å². The van der Waals surface area contributed by atoms with Crippen LogP contribution < -0.4 is 20.3 Å². The molecule has 0 aliphatic carbocycles. The van der Waals surface area contributed by atoms with Crippen LogP contribution >= 0.6 is 0 Å². The standard InChI is InChI=1S/C22H27N3O3/c1-4-17(16-11-9-15(2)10-12-16)24-21(26)14-25-13-20(22(27)23-3)28-19-8-6-5-7-18(19)25/h5-12,17,20H,4,13-14H2,1-3H3,(H,23,27)(H,24,26)/t17-,20+/m0/s1. The number of rotatable bonds is 6. The zero-order chi connectivity index (χ0) is 20.1. The van der Waals surface area contributed by atoms with Crippen molar-refractivity contribution in [3.05, 3.63) is 59.7 Å². The molecule has 1 aliphatic heterocycles. The number of para-hydroxylation sites is 2. The molecule has 0 spiro atoms. The van der Waals surface area contributed by atoms with Crippen LogP contribution in [0.15, 0.2) is 48.5 Å². The SMILES string of the molecule is CC[C@H](NC(=O)CN1C[C@H](C(=O)NC)Oc2ccccc21)c1ccc(C)cc1. The Kier molecular flexibility index (Phi) is 6.19. The average molecular weight is 381 g/mol. The van der Waals surface area contributed by atoms with Crippen LogP contribution in [0.3, 0.4) is 0 Å². The lowest BCUT2D eigenvalue weighted by molar-refractivity contribution is -0.127. The summed E-state index contributed by atoms with van der Waals surface area (Å²) in [6.07, 6.45) is 0.154. The molecule has 2 amide bonds. The van der Waals surface area contributed by atoms with E-state index in [1.54, 1.807) is 7.05 Å². The van der Waals surface area contributed by atoms with Crippen molar-refractivity contribution in [3.63, 3.8) is 0 Å². The van der Waals surface area contributed by atoms with Crippen molar-refractivity contribution in [2.24, 2.45) is 0 Å². The number of anilines is 1. The van der Waals surface area contributed by atoms with E-state index < -0.39 is 6.10 Å². The number of amides is 2. The quantitative estimate of drug-likeness (QED) is 0.807. The molecule has 0 saturated heterocycles. The molecule has 1 heterocycles. The number of fused-ring (bicyclic) bond motifs is 1. The van der Waals surface area contributed by atoms with Gasteiger partial charge in [0.15, 0.2) is 6.10 Å². The van der Waals surface area contributed by atoms with E-state index in [0.29, 0.717) is 12.3 Å². The molecule has 6 nitrogen and oxygen atoms in total. The lowest BCUT2D eigenvalue weighted by atomic mass is 10.0. The number of aryl methyl sites for hydroxylation is 1. The molecule has 0 bridgehead atoms. The summed E-state index contributed by atoms with van der Waals surface area (Å²) in [5.74, 6) is 0.325. The largest absolute Gasteiger partial charge is 0.477 e. The Bertz CT molecular complexity index is 835. The number of hydrogen-bond donors (Lipinski definition) is 2. The molecule has 0 saturated carbocycles. The van der Waals surface area contributed by atoms with Gasteiger partial charge in [-0.15, -0.1) is 0 Å². The predicted molar refractivity (Wildman–Crippen MR) is 109 cm³/mol. The van der Waals surface area contributed by atoms with E-state index in [4.69, 9.17) is 4.74 Å². The summed E-state index contributed by atoms with van der Waals surface area (Å²) in [4.78, 5) is 26.8. The van der Waals surface area contributed by atoms with Crippen molar-refractivity contribution in [1.29, 1.82) is 0 Å². The molecule has 2 aromatic carbocycles. The summed E-state index contributed by atoms with van der Waals surface area (Å²) in [5.41, 5.74) is 3.10. The van der Waals surface area contributed by atoms with Gasteiger partial charge in [0.05, 0.1) is 24.8 Å². The van der Waals surface area contributed by atoms with Crippen molar-refractivity contribution in [1.82, 2.24) is 10.6 Å². The monoisotopic (exact) mass is 381 g/mol. The zero-order valence-corrected chi connectivity index (χ0v) is 16.6. The van der Waals surface area contributed by atoms with Crippen LogP contribution in [0, 0.1) is 6.92 Å². The van der Waals surface area contributed by atoms with Crippen molar-refractivity contribution in [2.45, 2.75) is 32.4 Å². The molecule has 2 aromatic rings. The van der Waals surface area contributed by atoms with Gasteiger partial charge in [0.1, 0.15) is 5.75 Å². The molecule has 0 unspecified atom stereocenters. The molecule has 3 rings (SSSR count). The highest BCUT2D eigenvalue weighted by atomic mass is 16.5. The van der Waals surface area contributed by atoms with Crippen LogP contribution in [0.1, 0.15) is 30.5 Å². The summed E-state index contributed by atoms with van der Waals surface area (Å²) < 4.78 is 5.79. The first-order valence-corrected chi connectivity index (χ1v) is 9.60. The number of ether oxygens (including phenoxy) is 1. The zero-order valence-electron chi connectivity index (χ0n) is 16.6. The second kappa shape index (κ2) is 8.78. The van der Waals surface area contributed by atoms with Gasteiger partial charge >= 0.3 is 0 Å². The van der Waals surface area contributed by atoms with E-state index >= 15 is 0 Å². The summed E-state index contributed by atoms with van der Waals surface area (Å²) in [5, 5.41) is 5.73. The van der Waals surface area contributed by atoms with Crippen LogP contribution in [0.4, 0.5) is 5.69 Å². The van der Waals surface area contributed by atoms with E-state index in [-0.39, 0.29) is 24.4 Å². The highest BCUT2D eigenvalue weighted by Crippen LogP contribution is 2.33. The first-order chi connectivity index (χ1) is 13.5. The topological polar surface area (TPSA) is 70.7 Å². The number of nitrogens with one attached hydrogen (secondary N) is 2. The Balaban J connectivity index is 1.72. The second-order valence-corrected chi connectivity index (χ2v) is 7.01. The van der Waals surface area contributed by atoms with Gasteiger partial charge in [0.2, 0.25) is 5.91 Å². The summed E-state index contributed by atoms with van der Waals surface area (Å²) >= 11 is 0. The van der Waals surface area contributed by atoms with Gasteiger partial charge in [-0.25, -0.2) is 0 Å². The minimum Gasteiger partial charge on any atom is -0.477 e. The Labute approximate surface area is 165 Å². The van der Waals surface area contributed by atoms with Crippen LogP contribution in [0.25, 0.3) is 0 Å². The maximum atomic E-state index is 12.8. The minimum atomic E-state index is -0.647. The van der Waals surface area contributed by atoms with Crippen LogP contribution in [-0.4, -0.2) is 38.1 Å². The number of carbonyl (C=O) groups excluding carboxylic acids is 2. The van der Waals surface area contributed by atoms with Crippen LogP contribution in [0.5, 0.6) is 5.75 Å².